The maximum absolute atomic E-state index is 13.0. The van der Waals surface area contributed by atoms with Gasteiger partial charge in [-0.05, 0) is 69.7 Å². The maximum Gasteiger partial charge on any atom is 0.423 e. The Morgan fingerprint density at radius 1 is 1.22 bits per heavy atom. The number of amides is 1. The monoisotopic (exact) mass is 519 g/mol. The molecule has 0 radical (unpaired) electrons. The predicted octanol–water partition coefficient (Wildman–Crippen LogP) is 4.64. The Morgan fingerprint density at radius 2 is 1.94 bits per heavy atom. The second kappa shape index (κ2) is 9.33. The number of nitrogens with zero attached hydrogens (tertiary/aromatic N) is 3. The molecule has 2 aromatic rings. The van der Waals surface area contributed by atoms with Crippen LogP contribution in [-0.2, 0) is 9.53 Å². The number of piperidine rings is 1. The summed E-state index contributed by atoms with van der Waals surface area (Å²) in [7, 11) is 0. The van der Waals surface area contributed by atoms with Gasteiger partial charge in [0, 0.05) is 24.4 Å². The van der Waals surface area contributed by atoms with Crippen LogP contribution in [0.5, 0.6) is 0 Å². The maximum atomic E-state index is 13.0. The third-order valence-corrected chi connectivity index (χ3v) is 6.74. The van der Waals surface area contributed by atoms with E-state index in [1.165, 1.54) is 20.0 Å². The van der Waals surface area contributed by atoms with Crippen LogP contribution in [0.2, 0.25) is 0 Å². The molecule has 0 aromatic carbocycles. The summed E-state index contributed by atoms with van der Waals surface area (Å²) in [5.41, 5.74) is -1.52. The zero-order valence-electron chi connectivity index (χ0n) is 19.7. The molecule has 2 N–H and O–H groups in total. The molecule has 4 rings (SSSR count). The summed E-state index contributed by atoms with van der Waals surface area (Å²) in [6.07, 6.45) is -8.43. The average molecular weight is 519 g/mol. The lowest BCUT2D eigenvalue weighted by molar-refractivity contribution is -0.342. The second-order valence-electron chi connectivity index (χ2n) is 10.1. The molecule has 0 bridgehead atoms. The second-order valence-corrected chi connectivity index (χ2v) is 10.1. The SMILES string of the molecule is CC(C)(CC1CC2(CCN1)CC2C(=O)Nc1ccc(-n2cccn2)nc1)OC(C(F)(F)F)C(F)(F)F. The predicted molar refractivity (Wildman–Crippen MR) is 117 cm³/mol. The van der Waals surface area contributed by atoms with Gasteiger partial charge in [-0.1, -0.05) is 0 Å². The van der Waals surface area contributed by atoms with Gasteiger partial charge >= 0.3 is 12.4 Å². The number of ether oxygens (including phenoxy) is 1. The molecule has 3 unspecified atom stereocenters. The molecule has 1 amide bonds. The summed E-state index contributed by atoms with van der Waals surface area (Å²) in [5, 5.41) is 10.1. The van der Waals surface area contributed by atoms with Crippen molar-refractivity contribution in [2.75, 3.05) is 11.9 Å². The first-order valence-electron chi connectivity index (χ1n) is 11.5. The van der Waals surface area contributed by atoms with Crippen molar-refractivity contribution in [1.29, 1.82) is 0 Å². The summed E-state index contributed by atoms with van der Waals surface area (Å²) < 4.78 is 83.9. The van der Waals surface area contributed by atoms with Gasteiger partial charge in [-0.2, -0.15) is 31.4 Å². The number of pyridine rings is 1. The zero-order chi connectivity index (χ0) is 26.4. The van der Waals surface area contributed by atoms with Crippen LogP contribution in [0, 0.1) is 11.3 Å². The van der Waals surface area contributed by atoms with Crippen LogP contribution >= 0.6 is 0 Å². The zero-order valence-corrected chi connectivity index (χ0v) is 19.7. The fourth-order valence-electron chi connectivity index (χ4n) is 5.06. The van der Waals surface area contributed by atoms with Crippen molar-refractivity contribution in [3.8, 4) is 5.82 Å². The van der Waals surface area contributed by atoms with Gasteiger partial charge in [-0.15, -0.1) is 0 Å². The van der Waals surface area contributed by atoms with Crippen LogP contribution in [0.1, 0.15) is 39.5 Å². The minimum Gasteiger partial charge on any atom is -0.355 e. The smallest absolute Gasteiger partial charge is 0.355 e. The van der Waals surface area contributed by atoms with Gasteiger partial charge in [0.05, 0.1) is 17.5 Å². The van der Waals surface area contributed by atoms with E-state index in [9.17, 15) is 31.1 Å². The summed E-state index contributed by atoms with van der Waals surface area (Å²) >= 11 is 0. The average Bonchev–Trinajstić information content (AvgIpc) is 3.17. The number of carbonyl (C=O) groups excluding carboxylic acids is 1. The first-order valence-corrected chi connectivity index (χ1v) is 11.5. The molecule has 3 atom stereocenters. The lowest BCUT2D eigenvalue weighted by Crippen LogP contribution is -2.51. The third-order valence-electron chi connectivity index (χ3n) is 6.74. The van der Waals surface area contributed by atoms with E-state index in [1.807, 2.05) is 0 Å². The summed E-state index contributed by atoms with van der Waals surface area (Å²) in [6, 6.07) is 4.79. The van der Waals surface area contributed by atoms with Gasteiger partial charge in [0.15, 0.2) is 5.82 Å². The van der Waals surface area contributed by atoms with Gasteiger partial charge in [-0.25, -0.2) is 9.67 Å². The normalized spacial score (nSPS) is 24.8. The van der Waals surface area contributed by atoms with E-state index in [-0.39, 0.29) is 29.7 Å². The molecule has 1 saturated carbocycles. The van der Waals surface area contributed by atoms with E-state index in [2.05, 4.69) is 25.5 Å². The van der Waals surface area contributed by atoms with Crippen molar-refractivity contribution in [3.05, 3.63) is 36.8 Å². The van der Waals surface area contributed by atoms with Crippen molar-refractivity contribution in [2.45, 2.75) is 69.6 Å². The van der Waals surface area contributed by atoms with Crippen LogP contribution in [0.25, 0.3) is 5.82 Å². The minimum atomic E-state index is -5.57. The Bertz CT molecular complexity index is 1040. The number of alkyl halides is 6. The molecule has 1 saturated heterocycles. The first kappa shape index (κ1) is 26.4. The minimum absolute atomic E-state index is 0.0649. The number of hydrogen-bond acceptors (Lipinski definition) is 5. The number of halogens is 6. The van der Waals surface area contributed by atoms with Crippen LogP contribution in [0.3, 0.4) is 0 Å². The van der Waals surface area contributed by atoms with Crippen molar-refractivity contribution < 1.29 is 35.9 Å². The molecule has 13 heteroatoms. The third kappa shape index (κ3) is 6.00. The Labute approximate surface area is 203 Å². The van der Waals surface area contributed by atoms with Crippen LogP contribution < -0.4 is 10.6 Å². The van der Waals surface area contributed by atoms with E-state index in [1.54, 1.807) is 35.3 Å². The lowest BCUT2D eigenvalue weighted by atomic mass is 9.83. The number of hydrogen-bond donors (Lipinski definition) is 2. The number of aromatic nitrogens is 3. The molecule has 1 spiro atoms. The van der Waals surface area contributed by atoms with Crippen molar-refractivity contribution in [1.82, 2.24) is 20.1 Å². The molecular formula is C23H27F6N5O2. The molecular weight excluding hydrogens is 492 g/mol. The van der Waals surface area contributed by atoms with Crippen LogP contribution in [0.4, 0.5) is 32.0 Å². The standard InChI is InChI=1S/C23H27F6N5O2/c1-20(2,36-19(22(24,25)26)23(27,28)29)10-15-11-21(6-8-30-15)12-16(21)18(35)33-14-4-5-17(31-13-14)34-9-3-7-32-34/h3-5,7,9,13,15-16,19,30H,6,8,10-12H2,1-2H3,(H,33,35). The van der Waals surface area contributed by atoms with Crippen LogP contribution in [0.15, 0.2) is 36.8 Å². The largest absolute Gasteiger partial charge is 0.423 e. The Hall–Kier alpha value is -2.67. The Morgan fingerprint density at radius 3 is 2.53 bits per heavy atom. The highest BCUT2D eigenvalue weighted by Gasteiger charge is 2.61. The number of nitrogens with one attached hydrogen (secondary N) is 2. The fraction of sp³-hybridized carbons (Fsp3) is 0.609. The number of anilines is 1. The Balaban J connectivity index is 1.34. The summed E-state index contributed by atoms with van der Waals surface area (Å²) in [6.45, 7) is 2.95. The topological polar surface area (TPSA) is 81.1 Å². The van der Waals surface area contributed by atoms with Crippen LogP contribution in [-0.4, -0.2) is 57.3 Å². The lowest BCUT2D eigenvalue weighted by Gasteiger charge is -2.38. The first-order chi connectivity index (χ1) is 16.7. The van der Waals surface area contributed by atoms with E-state index in [0.717, 1.165) is 0 Å². The molecule has 1 aliphatic heterocycles. The summed E-state index contributed by atoms with van der Waals surface area (Å²) in [4.78, 5) is 17.1. The summed E-state index contributed by atoms with van der Waals surface area (Å²) in [5.74, 6) is 0.106. The molecule has 2 aromatic heterocycles. The quantitative estimate of drug-likeness (QED) is 0.521. The molecule has 2 aliphatic rings. The molecule has 7 nitrogen and oxygen atoms in total. The van der Waals surface area contributed by atoms with E-state index in [4.69, 9.17) is 0 Å². The Kier molecular flexibility index (Phi) is 6.84. The van der Waals surface area contributed by atoms with Crippen molar-refractivity contribution in [3.63, 3.8) is 0 Å². The highest BCUT2D eigenvalue weighted by atomic mass is 19.4. The number of carbonyl (C=O) groups is 1. The molecule has 1 aliphatic carbocycles. The van der Waals surface area contributed by atoms with Gasteiger partial charge in [0.2, 0.25) is 12.0 Å². The molecule has 36 heavy (non-hydrogen) atoms. The van der Waals surface area contributed by atoms with Crippen molar-refractivity contribution in [2.24, 2.45) is 11.3 Å². The fourth-order valence-corrected chi connectivity index (χ4v) is 5.06. The number of rotatable bonds is 7. The van der Waals surface area contributed by atoms with E-state index >= 15 is 0 Å². The highest BCUT2D eigenvalue weighted by molar-refractivity contribution is 5.95. The van der Waals surface area contributed by atoms with Gasteiger partial charge in [0.1, 0.15) is 0 Å². The van der Waals surface area contributed by atoms with E-state index < -0.39 is 24.1 Å². The molecule has 198 valence electrons. The van der Waals surface area contributed by atoms with Crippen molar-refractivity contribution >= 4 is 11.6 Å². The van der Waals surface area contributed by atoms with E-state index in [0.29, 0.717) is 37.3 Å². The van der Waals surface area contributed by atoms with Gasteiger partial charge in [0.25, 0.3) is 0 Å². The van der Waals surface area contributed by atoms with Gasteiger partial charge in [-0.3, -0.25) is 4.79 Å². The highest BCUT2D eigenvalue weighted by Crippen LogP contribution is 2.60. The molecule has 2 fully saturated rings. The molecule has 3 heterocycles. The van der Waals surface area contributed by atoms with Gasteiger partial charge < -0.3 is 15.4 Å².